The number of carbonyl (C=O) groups is 1. The summed E-state index contributed by atoms with van der Waals surface area (Å²) in [5.74, 6) is -0.713. The number of rotatable bonds is 4. The Morgan fingerprint density at radius 1 is 1.53 bits per heavy atom. The van der Waals surface area contributed by atoms with Crippen molar-refractivity contribution in [2.75, 3.05) is 0 Å². The Labute approximate surface area is 103 Å². The van der Waals surface area contributed by atoms with Crippen LogP contribution in [0.5, 0.6) is 0 Å². The normalized spacial score (nSPS) is 12.3. The van der Waals surface area contributed by atoms with Crippen molar-refractivity contribution in [1.29, 1.82) is 0 Å². The van der Waals surface area contributed by atoms with Crippen LogP contribution in [0.1, 0.15) is 12.7 Å². The lowest BCUT2D eigenvalue weighted by Gasteiger charge is -2.05. The Bertz CT molecular complexity index is 511. The van der Waals surface area contributed by atoms with E-state index >= 15 is 0 Å². The molecule has 2 rings (SSSR count). The SMILES string of the molecule is CC(Cc1nccc(-c2cccs2)n1)C(=O)O. The van der Waals surface area contributed by atoms with Crippen LogP contribution < -0.4 is 0 Å². The van der Waals surface area contributed by atoms with Crippen LogP contribution in [0.25, 0.3) is 10.6 Å². The number of carboxylic acid groups (broad SMARTS) is 1. The van der Waals surface area contributed by atoms with Crippen LogP contribution in [0.4, 0.5) is 0 Å². The van der Waals surface area contributed by atoms with Gasteiger partial charge in [-0.1, -0.05) is 13.0 Å². The predicted octanol–water partition coefficient (Wildman–Crippen LogP) is 2.47. The highest BCUT2D eigenvalue weighted by atomic mass is 32.1. The Morgan fingerprint density at radius 3 is 3.00 bits per heavy atom. The molecule has 0 aliphatic carbocycles. The monoisotopic (exact) mass is 248 g/mol. The molecule has 0 saturated carbocycles. The predicted molar refractivity (Wildman–Crippen MR) is 65.8 cm³/mol. The molecule has 0 spiro atoms. The molecule has 88 valence electrons. The van der Waals surface area contributed by atoms with Crippen LogP contribution in [-0.4, -0.2) is 21.0 Å². The van der Waals surface area contributed by atoms with E-state index in [1.165, 1.54) is 0 Å². The Morgan fingerprint density at radius 2 is 2.35 bits per heavy atom. The second-order valence-electron chi connectivity index (χ2n) is 3.78. The molecule has 1 N–H and O–H groups in total. The fourth-order valence-corrected chi connectivity index (χ4v) is 2.12. The lowest BCUT2D eigenvalue weighted by atomic mass is 10.1. The molecule has 2 heterocycles. The highest BCUT2D eigenvalue weighted by molar-refractivity contribution is 7.13. The highest BCUT2D eigenvalue weighted by Gasteiger charge is 2.13. The van der Waals surface area contributed by atoms with E-state index in [0.29, 0.717) is 12.2 Å². The summed E-state index contributed by atoms with van der Waals surface area (Å²) in [6, 6.07) is 5.78. The third-order valence-corrected chi connectivity index (χ3v) is 3.28. The molecule has 0 aliphatic heterocycles. The lowest BCUT2D eigenvalue weighted by molar-refractivity contribution is -0.141. The third-order valence-electron chi connectivity index (χ3n) is 2.39. The zero-order valence-corrected chi connectivity index (χ0v) is 10.1. The van der Waals surface area contributed by atoms with Gasteiger partial charge in [0, 0.05) is 12.6 Å². The van der Waals surface area contributed by atoms with Crippen molar-refractivity contribution in [2.45, 2.75) is 13.3 Å². The highest BCUT2D eigenvalue weighted by Crippen LogP contribution is 2.22. The minimum absolute atomic E-state index is 0.356. The van der Waals surface area contributed by atoms with E-state index < -0.39 is 11.9 Å². The fourth-order valence-electron chi connectivity index (χ4n) is 1.42. The zero-order valence-electron chi connectivity index (χ0n) is 9.33. The number of thiophene rings is 1. The number of nitrogens with zero attached hydrogens (tertiary/aromatic N) is 2. The first-order valence-electron chi connectivity index (χ1n) is 5.25. The fraction of sp³-hybridized carbons (Fsp3) is 0.250. The van der Waals surface area contributed by atoms with Gasteiger partial charge in [-0.3, -0.25) is 4.79 Å². The van der Waals surface area contributed by atoms with Gasteiger partial charge in [0.15, 0.2) is 0 Å². The Balaban J connectivity index is 2.20. The number of aromatic nitrogens is 2. The molecule has 1 unspecified atom stereocenters. The van der Waals surface area contributed by atoms with Gasteiger partial charge >= 0.3 is 5.97 Å². The first kappa shape index (κ1) is 11.7. The second-order valence-corrected chi connectivity index (χ2v) is 4.73. The zero-order chi connectivity index (χ0) is 12.3. The summed E-state index contributed by atoms with van der Waals surface area (Å²) in [6.07, 6.45) is 2.03. The quantitative estimate of drug-likeness (QED) is 0.902. The van der Waals surface area contributed by atoms with Crippen molar-refractivity contribution in [3.05, 3.63) is 35.6 Å². The van der Waals surface area contributed by atoms with E-state index in [1.54, 1.807) is 24.5 Å². The molecule has 0 radical (unpaired) electrons. The Kier molecular flexibility index (Phi) is 3.49. The van der Waals surface area contributed by atoms with Gasteiger partial charge in [-0.2, -0.15) is 0 Å². The number of hydrogen-bond donors (Lipinski definition) is 1. The van der Waals surface area contributed by atoms with Crippen LogP contribution in [0.15, 0.2) is 29.8 Å². The van der Waals surface area contributed by atoms with Crippen LogP contribution in [0, 0.1) is 5.92 Å². The molecule has 5 heteroatoms. The van der Waals surface area contributed by atoms with Gasteiger partial charge in [-0.15, -0.1) is 11.3 Å². The lowest BCUT2D eigenvalue weighted by Crippen LogP contribution is -2.14. The number of hydrogen-bond acceptors (Lipinski definition) is 4. The van der Waals surface area contributed by atoms with Gasteiger partial charge < -0.3 is 5.11 Å². The minimum Gasteiger partial charge on any atom is -0.481 e. The molecule has 0 aliphatic rings. The van der Waals surface area contributed by atoms with Crippen molar-refractivity contribution >= 4 is 17.3 Å². The van der Waals surface area contributed by atoms with E-state index in [0.717, 1.165) is 10.6 Å². The summed E-state index contributed by atoms with van der Waals surface area (Å²) in [5, 5.41) is 10.8. The van der Waals surface area contributed by atoms with E-state index in [-0.39, 0.29) is 0 Å². The summed E-state index contributed by atoms with van der Waals surface area (Å²) in [4.78, 5) is 20.3. The third kappa shape index (κ3) is 2.88. The van der Waals surface area contributed by atoms with Gasteiger partial charge in [0.05, 0.1) is 16.5 Å². The van der Waals surface area contributed by atoms with Crippen molar-refractivity contribution in [1.82, 2.24) is 9.97 Å². The van der Waals surface area contributed by atoms with Crippen LogP contribution in [0.2, 0.25) is 0 Å². The summed E-state index contributed by atoms with van der Waals surface area (Å²) < 4.78 is 0. The van der Waals surface area contributed by atoms with Crippen LogP contribution in [-0.2, 0) is 11.2 Å². The van der Waals surface area contributed by atoms with E-state index in [1.807, 2.05) is 23.6 Å². The summed E-state index contributed by atoms with van der Waals surface area (Å²) in [6.45, 7) is 1.66. The van der Waals surface area contributed by atoms with Crippen molar-refractivity contribution in [2.24, 2.45) is 5.92 Å². The largest absolute Gasteiger partial charge is 0.481 e. The van der Waals surface area contributed by atoms with Crippen molar-refractivity contribution in [3.63, 3.8) is 0 Å². The standard InChI is InChI=1S/C12H12N2O2S/c1-8(12(15)16)7-11-13-5-4-9(14-11)10-3-2-6-17-10/h2-6,8H,7H2,1H3,(H,15,16). The molecule has 4 nitrogen and oxygen atoms in total. The van der Waals surface area contributed by atoms with Gasteiger partial charge in [0.25, 0.3) is 0 Å². The topological polar surface area (TPSA) is 63.1 Å². The van der Waals surface area contributed by atoms with Gasteiger partial charge in [0.1, 0.15) is 5.82 Å². The summed E-state index contributed by atoms with van der Waals surface area (Å²) >= 11 is 1.60. The first-order chi connectivity index (χ1) is 8.16. The maximum absolute atomic E-state index is 10.8. The Hall–Kier alpha value is -1.75. The molecular formula is C12H12N2O2S. The molecular weight excluding hydrogens is 236 g/mol. The maximum Gasteiger partial charge on any atom is 0.306 e. The summed E-state index contributed by atoms with van der Waals surface area (Å²) in [5.41, 5.74) is 0.850. The molecule has 2 aromatic heterocycles. The molecule has 17 heavy (non-hydrogen) atoms. The maximum atomic E-state index is 10.8. The van der Waals surface area contributed by atoms with Gasteiger partial charge in [-0.05, 0) is 17.5 Å². The molecule has 0 aromatic carbocycles. The smallest absolute Gasteiger partial charge is 0.306 e. The van der Waals surface area contributed by atoms with Crippen LogP contribution in [0.3, 0.4) is 0 Å². The molecule has 0 fully saturated rings. The van der Waals surface area contributed by atoms with Crippen molar-refractivity contribution < 1.29 is 9.90 Å². The molecule has 1 atom stereocenters. The molecule has 0 amide bonds. The first-order valence-corrected chi connectivity index (χ1v) is 6.13. The molecule has 2 aromatic rings. The molecule has 0 bridgehead atoms. The number of aliphatic carboxylic acids is 1. The van der Waals surface area contributed by atoms with Gasteiger partial charge in [-0.25, -0.2) is 9.97 Å². The second kappa shape index (κ2) is 5.05. The van der Waals surface area contributed by atoms with Crippen LogP contribution >= 0.6 is 11.3 Å². The minimum atomic E-state index is -0.824. The average molecular weight is 248 g/mol. The summed E-state index contributed by atoms with van der Waals surface area (Å²) in [7, 11) is 0. The average Bonchev–Trinajstić information content (AvgIpc) is 2.82. The van der Waals surface area contributed by atoms with E-state index in [9.17, 15) is 4.79 Å². The molecule has 0 saturated heterocycles. The van der Waals surface area contributed by atoms with E-state index in [2.05, 4.69) is 9.97 Å². The van der Waals surface area contributed by atoms with E-state index in [4.69, 9.17) is 5.11 Å². The van der Waals surface area contributed by atoms with Crippen molar-refractivity contribution in [3.8, 4) is 10.6 Å². The van der Waals surface area contributed by atoms with Gasteiger partial charge in [0.2, 0.25) is 0 Å². The number of carboxylic acids is 1.